The van der Waals surface area contributed by atoms with Crippen LogP contribution in [-0.4, -0.2) is 11.1 Å². The second kappa shape index (κ2) is 3.70. The van der Waals surface area contributed by atoms with Gasteiger partial charge in [0.05, 0.1) is 11.6 Å². The number of nitrogens with two attached hydrogens (primary N) is 1. The van der Waals surface area contributed by atoms with E-state index in [1.165, 1.54) is 12.1 Å². The van der Waals surface area contributed by atoms with Crippen LogP contribution in [0.2, 0.25) is 0 Å². The third-order valence-electron chi connectivity index (χ3n) is 1.68. The first-order valence-corrected chi connectivity index (χ1v) is 3.64. The lowest BCUT2D eigenvalue weighted by atomic mass is 10.0. The highest BCUT2D eigenvalue weighted by molar-refractivity contribution is 5.76. The molecule has 1 aromatic rings. The van der Waals surface area contributed by atoms with Gasteiger partial charge in [-0.15, -0.1) is 0 Å². The zero-order valence-corrected chi connectivity index (χ0v) is 6.77. The van der Waals surface area contributed by atoms with Crippen molar-refractivity contribution >= 4 is 5.97 Å². The van der Waals surface area contributed by atoms with Crippen LogP contribution in [0.25, 0.3) is 0 Å². The molecule has 4 heteroatoms. The van der Waals surface area contributed by atoms with Gasteiger partial charge in [-0.3, -0.25) is 4.79 Å². The smallest absolute Gasteiger partial charge is 0.325 e. The Kier molecular flexibility index (Phi) is 2.62. The number of carboxylic acids is 1. The standard InChI is InChI=1S/C9H8N2O2/c10-5-6-3-1-2-4-7(6)8(11)9(12)13/h1-4,8H,11H2,(H,12,13). The third kappa shape index (κ3) is 1.83. The van der Waals surface area contributed by atoms with Crippen molar-refractivity contribution in [2.45, 2.75) is 6.04 Å². The number of rotatable bonds is 2. The van der Waals surface area contributed by atoms with Gasteiger partial charge in [0.2, 0.25) is 0 Å². The molecule has 3 N–H and O–H groups in total. The van der Waals surface area contributed by atoms with Gasteiger partial charge in [0.1, 0.15) is 6.04 Å². The normalized spacial score (nSPS) is 11.7. The van der Waals surface area contributed by atoms with Gasteiger partial charge in [-0.2, -0.15) is 5.26 Å². The lowest BCUT2D eigenvalue weighted by Crippen LogP contribution is -2.21. The van der Waals surface area contributed by atoms with E-state index in [4.69, 9.17) is 16.1 Å². The number of nitriles is 1. The van der Waals surface area contributed by atoms with E-state index in [-0.39, 0.29) is 0 Å². The van der Waals surface area contributed by atoms with Gasteiger partial charge in [-0.25, -0.2) is 0 Å². The van der Waals surface area contributed by atoms with Crippen molar-refractivity contribution in [3.05, 3.63) is 35.4 Å². The molecule has 1 rings (SSSR count). The fourth-order valence-electron chi connectivity index (χ4n) is 1.00. The first-order valence-electron chi connectivity index (χ1n) is 3.64. The summed E-state index contributed by atoms with van der Waals surface area (Å²) in [4.78, 5) is 10.5. The Morgan fingerprint density at radius 2 is 2.15 bits per heavy atom. The third-order valence-corrected chi connectivity index (χ3v) is 1.68. The topological polar surface area (TPSA) is 87.1 Å². The predicted molar refractivity (Wildman–Crippen MR) is 45.7 cm³/mol. The summed E-state index contributed by atoms with van der Waals surface area (Å²) in [7, 11) is 0. The minimum absolute atomic E-state index is 0.303. The molecule has 0 aliphatic heterocycles. The second-order valence-corrected chi connectivity index (χ2v) is 2.51. The van der Waals surface area contributed by atoms with Crippen LogP contribution in [0.5, 0.6) is 0 Å². The summed E-state index contributed by atoms with van der Waals surface area (Å²) in [6.45, 7) is 0. The molecule has 1 unspecified atom stereocenters. The number of carbonyl (C=O) groups is 1. The highest BCUT2D eigenvalue weighted by atomic mass is 16.4. The van der Waals surface area contributed by atoms with Crippen LogP contribution in [0.1, 0.15) is 17.2 Å². The van der Waals surface area contributed by atoms with Crippen molar-refractivity contribution in [3.63, 3.8) is 0 Å². The molecule has 0 heterocycles. The summed E-state index contributed by atoms with van der Waals surface area (Å²) < 4.78 is 0. The largest absolute Gasteiger partial charge is 0.480 e. The first-order chi connectivity index (χ1) is 6.16. The Morgan fingerprint density at radius 3 is 2.69 bits per heavy atom. The molecule has 0 aliphatic rings. The van der Waals surface area contributed by atoms with Crippen molar-refractivity contribution in [2.75, 3.05) is 0 Å². The van der Waals surface area contributed by atoms with E-state index >= 15 is 0 Å². The Morgan fingerprint density at radius 1 is 1.54 bits per heavy atom. The Labute approximate surface area is 75.2 Å². The van der Waals surface area contributed by atoms with Gasteiger partial charge in [0, 0.05) is 0 Å². The zero-order chi connectivity index (χ0) is 9.84. The van der Waals surface area contributed by atoms with Crippen LogP contribution in [0.3, 0.4) is 0 Å². The minimum atomic E-state index is -1.14. The summed E-state index contributed by atoms with van der Waals surface area (Å²) in [6, 6.07) is 7.15. The van der Waals surface area contributed by atoms with Gasteiger partial charge < -0.3 is 10.8 Å². The molecule has 4 nitrogen and oxygen atoms in total. The summed E-state index contributed by atoms with van der Waals surface area (Å²) >= 11 is 0. The molecule has 0 spiro atoms. The number of benzene rings is 1. The van der Waals surface area contributed by atoms with Gasteiger partial charge in [0.25, 0.3) is 0 Å². The van der Waals surface area contributed by atoms with E-state index in [0.717, 1.165) is 0 Å². The fourth-order valence-corrected chi connectivity index (χ4v) is 1.00. The maximum absolute atomic E-state index is 10.5. The zero-order valence-electron chi connectivity index (χ0n) is 6.77. The number of carboxylic acid groups (broad SMARTS) is 1. The molecule has 0 aliphatic carbocycles. The molecule has 0 saturated heterocycles. The molecule has 0 amide bonds. The van der Waals surface area contributed by atoms with E-state index in [1.54, 1.807) is 12.1 Å². The average Bonchev–Trinajstić information content (AvgIpc) is 2.16. The van der Waals surface area contributed by atoms with E-state index < -0.39 is 12.0 Å². The molecular formula is C9H8N2O2. The maximum Gasteiger partial charge on any atom is 0.325 e. The van der Waals surface area contributed by atoms with Crippen molar-refractivity contribution in [3.8, 4) is 6.07 Å². The summed E-state index contributed by atoms with van der Waals surface area (Å²) in [6.07, 6.45) is 0. The van der Waals surface area contributed by atoms with E-state index in [9.17, 15) is 4.79 Å². The fraction of sp³-hybridized carbons (Fsp3) is 0.111. The van der Waals surface area contributed by atoms with Gasteiger partial charge in [-0.1, -0.05) is 18.2 Å². The van der Waals surface area contributed by atoms with Crippen LogP contribution < -0.4 is 5.73 Å². The second-order valence-electron chi connectivity index (χ2n) is 2.51. The van der Waals surface area contributed by atoms with Crippen molar-refractivity contribution in [2.24, 2.45) is 5.73 Å². The molecule has 0 bridgehead atoms. The molecule has 0 fully saturated rings. The number of aliphatic carboxylic acids is 1. The van der Waals surface area contributed by atoms with E-state index in [0.29, 0.717) is 11.1 Å². The molecule has 0 radical (unpaired) electrons. The van der Waals surface area contributed by atoms with Crippen molar-refractivity contribution in [1.82, 2.24) is 0 Å². The monoisotopic (exact) mass is 176 g/mol. The highest BCUT2D eigenvalue weighted by Gasteiger charge is 2.16. The summed E-state index contributed by atoms with van der Waals surface area (Å²) in [5.74, 6) is -1.14. The number of hydrogen-bond donors (Lipinski definition) is 2. The summed E-state index contributed by atoms with van der Waals surface area (Å²) in [5.41, 5.74) is 6.01. The number of nitrogens with zero attached hydrogens (tertiary/aromatic N) is 1. The maximum atomic E-state index is 10.5. The van der Waals surface area contributed by atoms with Crippen LogP contribution in [-0.2, 0) is 4.79 Å². The molecule has 0 aromatic heterocycles. The molecule has 1 aromatic carbocycles. The lowest BCUT2D eigenvalue weighted by molar-refractivity contribution is -0.138. The summed E-state index contributed by atoms with van der Waals surface area (Å²) in [5, 5.41) is 17.3. The molecule has 0 saturated carbocycles. The van der Waals surface area contributed by atoms with Gasteiger partial charge in [-0.05, 0) is 11.6 Å². The molecule has 1 atom stereocenters. The van der Waals surface area contributed by atoms with Crippen molar-refractivity contribution in [1.29, 1.82) is 5.26 Å². The SMILES string of the molecule is N#Cc1ccccc1C(N)C(=O)O. The molecule has 13 heavy (non-hydrogen) atoms. The average molecular weight is 176 g/mol. The molecular weight excluding hydrogens is 168 g/mol. The molecule has 66 valence electrons. The van der Waals surface area contributed by atoms with Crippen LogP contribution >= 0.6 is 0 Å². The van der Waals surface area contributed by atoms with E-state index in [1.807, 2.05) is 6.07 Å². The minimum Gasteiger partial charge on any atom is -0.480 e. The highest BCUT2D eigenvalue weighted by Crippen LogP contribution is 2.14. The van der Waals surface area contributed by atoms with Crippen LogP contribution in [0, 0.1) is 11.3 Å². The Balaban J connectivity index is 3.15. The Bertz CT molecular complexity index is 368. The predicted octanol–water partition coefficient (Wildman–Crippen LogP) is 0.643. The lowest BCUT2D eigenvalue weighted by Gasteiger charge is -2.07. The quantitative estimate of drug-likeness (QED) is 0.692. The van der Waals surface area contributed by atoms with E-state index in [2.05, 4.69) is 0 Å². The first kappa shape index (κ1) is 9.23. The number of hydrogen-bond acceptors (Lipinski definition) is 3. The Hall–Kier alpha value is -1.86. The van der Waals surface area contributed by atoms with Crippen molar-refractivity contribution < 1.29 is 9.90 Å². The van der Waals surface area contributed by atoms with Crippen LogP contribution in [0.4, 0.5) is 0 Å². The van der Waals surface area contributed by atoms with Gasteiger partial charge in [0.15, 0.2) is 0 Å². The van der Waals surface area contributed by atoms with Crippen LogP contribution in [0.15, 0.2) is 24.3 Å². The van der Waals surface area contributed by atoms with Gasteiger partial charge >= 0.3 is 5.97 Å².